The molecule has 1 aromatic rings. The van der Waals surface area contributed by atoms with Gasteiger partial charge in [0.05, 0.1) is 0 Å². The first-order valence-corrected chi connectivity index (χ1v) is 4.60. The van der Waals surface area contributed by atoms with E-state index in [1.165, 1.54) is 0 Å². The SMILES string of the molecule is O=P(O)(O)c1cc(O)ccc1O. The second-order valence-electron chi connectivity index (χ2n) is 2.22. The van der Waals surface area contributed by atoms with E-state index in [1.807, 2.05) is 0 Å². The molecule has 0 aliphatic heterocycles. The third kappa shape index (κ3) is 1.76. The van der Waals surface area contributed by atoms with Crippen LogP contribution in [-0.4, -0.2) is 20.0 Å². The molecule has 1 aromatic carbocycles. The highest BCUT2D eigenvalue weighted by molar-refractivity contribution is 7.60. The van der Waals surface area contributed by atoms with Crippen molar-refractivity contribution in [2.24, 2.45) is 0 Å². The molecule has 6 heteroatoms. The minimum absolute atomic E-state index is 0.300. The summed E-state index contributed by atoms with van der Waals surface area (Å²) in [4.78, 5) is 17.3. The molecule has 0 radical (unpaired) electrons. The minimum atomic E-state index is -4.49. The quantitative estimate of drug-likeness (QED) is 0.366. The fourth-order valence-corrected chi connectivity index (χ4v) is 1.42. The molecule has 0 saturated carbocycles. The highest BCUT2D eigenvalue weighted by Crippen LogP contribution is 2.37. The van der Waals surface area contributed by atoms with Crippen molar-refractivity contribution in [1.29, 1.82) is 0 Å². The first-order chi connectivity index (χ1) is 5.41. The van der Waals surface area contributed by atoms with E-state index in [9.17, 15) is 4.57 Å². The van der Waals surface area contributed by atoms with E-state index in [-0.39, 0.29) is 5.75 Å². The molecule has 0 aliphatic carbocycles. The van der Waals surface area contributed by atoms with E-state index in [1.54, 1.807) is 0 Å². The lowest BCUT2D eigenvalue weighted by Crippen LogP contribution is -2.03. The zero-order valence-corrected chi connectivity index (χ0v) is 6.77. The summed E-state index contributed by atoms with van der Waals surface area (Å²) in [6.07, 6.45) is 0. The van der Waals surface area contributed by atoms with Gasteiger partial charge < -0.3 is 20.0 Å². The lowest BCUT2D eigenvalue weighted by Gasteiger charge is -2.05. The van der Waals surface area contributed by atoms with Gasteiger partial charge in [0.2, 0.25) is 0 Å². The number of benzene rings is 1. The number of hydrogen-bond donors (Lipinski definition) is 4. The summed E-state index contributed by atoms with van der Waals surface area (Å²) in [5, 5.41) is 17.2. The van der Waals surface area contributed by atoms with Crippen LogP contribution in [0.15, 0.2) is 18.2 Å². The van der Waals surface area contributed by atoms with Gasteiger partial charge in [-0.1, -0.05) is 0 Å². The summed E-state index contributed by atoms with van der Waals surface area (Å²) in [7, 11) is -4.49. The largest absolute Gasteiger partial charge is 0.508 e. The number of phenols is 2. The molecule has 0 unspecified atom stereocenters. The normalized spacial score (nSPS) is 11.5. The average Bonchev–Trinajstić information content (AvgIpc) is 1.92. The van der Waals surface area contributed by atoms with E-state index < -0.39 is 18.6 Å². The molecule has 4 N–H and O–H groups in total. The average molecular weight is 190 g/mol. The number of phenolic OH excluding ortho intramolecular Hbond substituents is 2. The van der Waals surface area contributed by atoms with Crippen LogP contribution in [0.2, 0.25) is 0 Å². The van der Waals surface area contributed by atoms with E-state index in [4.69, 9.17) is 20.0 Å². The van der Waals surface area contributed by atoms with Gasteiger partial charge in [-0.15, -0.1) is 0 Å². The Morgan fingerprint density at radius 2 is 1.75 bits per heavy atom. The van der Waals surface area contributed by atoms with Crippen LogP contribution in [0.3, 0.4) is 0 Å². The number of hydrogen-bond acceptors (Lipinski definition) is 3. The Labute approximate surface area is 68.1 Å². The molecule has 5 nitrogen and oxygen atoms in total. The Morgan fingerprint density at radius 3 is 2.17 bits per heavy atom. The Bertz CT molecular complexity index is 342. The molecule has 0 aliphatic rings. The zero-order chi connectivity index (χ0) is 9.35. The lowest BCUT2D eigenvalue weighted by atomic mass is 10.3. The van der Waals surface area contributed by atoms with Gasteiger partial charge in [-0.25, -0.2) is 0 Å². The Hall–Kier alpha value is -1.03. The second kappa shape index (κ2) is 2.79. The van der Waals surface area contributed by atoms with Crippen LogP contribution in [0.1, 0.15) is 0 Å². The highest BCUT2D eigenvalue weighted by atomic mass is 31.2. The van der Waals surface area contributed by atoms with E-state index in [0.717, 1.165) is 18.2 Å². The summed E-state index contributed by atoms with van der Waals surface area (Å²) < 4.78 is 10.6. The minimum Gasteiger partial charge on any atom is -0.508 e. The Morgan fingerprint density at radius 1 is 1.17 bits per heavy atom. The van der Waals surface area contributed by atoms with Gasteiger partial charge in [-0.3, -0.25) is 4.57 Å². The molecule has 0 atom stereocenters. The monoisotopic (exact) mass is 190 g/mol. The maximum absolute atomic E-state index is 10.6. The van der Waals surface area contributed by atoms with Crippen LogP contribution in [0.4, 0.5) is 0 Å². The third-order valence-corrected chi connectivity index (χ3v) is 2.26. The first-order valence-electron chi connectivity index (χ1n) is 2.99. The van der Waals surface area contributed by atoms with Crippen molar-refractivity contribution in [1.82, 2.24) is 0 Å². The van der Waals surface area contributed by atoms with Gasteiger partial charge in [0, 0.05) is 0 Å². The van der Waals surface area contributed by atoms with Gasteiger partial charge in [0.15, 0.2) is 0 Å². The van der Waals surface area contributed by atoms with Crippen LogP contribution < -0.4 is 5.30 Å². The molecule has 0 spiro atoms. The van der Waals surface area contributed by atoms with Gasteiger partial charge >= 0.3 is 7.60 Å². The highest BCUT2D eigenvalue weighted by Gasteiger charge is 2.21. The van der Waals surface area contributed by atoms with Crippen LogP contribution in [0.5, 0.6) is 11.5 Å². The van der Waals surface area contributed by atoms with Crippen LogP contribution >= 0.6 is 7.60 Å². The van der Waals surface area contributed by atoms with Crippen LogP contribution in [0.25, 0.3) is 0 Å². The van der Waals surface area contributed by atoms with Crippen LogP contribution in [0, 0.1) is 0 Å². The molecule has 66 valence electrons. The lowest BCUT2D eigenvalue weighted by molar-refractivity contribution is 0.384. The summed E-state index contributed by atoms with van der Waals surface area (Å²) in [6, 6.07) is 2.98. The molecular weight excluding hydrogens is 183 g/mol. The zero-order valence-electron chi connectivity index (χ0n) is 5.88. The van der Waals surface area contributed by atoms with Crippen molar-refractivity contribution in [2.75, 3.05) is 0 Å². The standard InChI is InChI=1S/C6H7O5P/c7-4-1-2-5(8)6(3-4)12(9,10)11/h1-3,7-8H,(H2,9,10,11). The summed E-state index contributed by atoms with van der Waals surface area (Å²) in [6.45, 7) is 0. The topological polar surface area (TPSA) is 98.0 Å². The summed E-state index contributed by atoms with van der Waals surface area (Å²) in [5.74, 6) is -0.827. The van der Waals surface area contributed by atoms with Gasteiger partial charge in [-0.05, 0) is 18.2 Å². The van der Waals surface area contributed by atoms with Gasteiger partial charge in [0.25, 0.3) is 0 Å². The molecular formula is C6H7O5P. The van der Waals surface area contributed by atoms with Crippen molar-refractivity contribution in [3.05, 3.63) is 18.2 Å². The van der Waals surface area contributed by atoms with Gasteiger partial charge in [-0.2, -0.15) is 0 Å². The van der Waals surface area contributed by atoms with E-state index in [2.05, 4.69) is 0 Å². The predicted octanol–water partition coefficient (Wildman–Crippen LogP) is -0.0992. The second-order valence-corrected chi connectivity index (χ2v) is 3.79. The molecule has 1 rings (SSSR count). The number of aromatic hydroxyl groups is 2. The molecule has 12 heavy (non-hydrogen) atoms. The van der Waals surface area contributed by atoms with Crippen molar-refractivity contribution in [3.8, 4) is 11.5 Å². The maximum atomic E-state index is 10.6. The molecule has 0 amide bonds. The van der Waals surface area contributed by atoms with E-state index in [0.29, 0.717) is 0 Å². The predicted molar refractivity (Wildman–Crippen MR) is 41.4 cm³/mol. The van der Waals surface area contributed by atoms with Gasteiger partial charge in [0.1, 0.15) is 16.8 Å². The Balaban J connectivity index is 3.33. The van der Waals surface area contributed by atoms with Crippen molar-refractivity contribution in [2.45, 2.75) is 0 Å². The third-order valence-electron chi connectivity index (χ3n) is 1.27. The maximum Gasteiger partial charge on any atom is 0.360 e. The first kappa shape index (κ1) is 9.06. The summed E-state index contributed by atoms with van der Waals surface area (Å²) in [5.41, 5.74) is 0. The molecule has 0 aromatic heterocycles. The molecule has 0 heterocycles. The van der Waals surface area contributed by atoms with E-state index >= 15 is 0 Å². The summed E-state index contributed by atoms with van der Waals surface area (Å²) >= 11 is 0. The van der Waals surface area contributed by atoms with Crippen molar-refractivity contribution in [3.63, 3.8) is 0 Å². The van der Waals surface area contributed by atoms with Crippen LogP contribution in [-0.2, 0) is 4.57 Å². The van der Waals surface area contributed by atoms with Crippen molar-refractivity contribution >= 4 is 12.9 Å². The number of rotatable bonds is 1. The fraction of sp³-hybridized carbons (Fsp3) is 0. The van der Waals surface area contributed by atoms with Crippen molar-refractivity contribution < 1.29 is 24.6 Å². The molecule has 0 saturated heterocycles. The smallest absolute Gasteiger partial charge is 0.360 e. The fourth-order valence-electron chi connectivity index (χ4n) is 0.745. The Kier molecular flexibility index (Phi) is 2.10. The molecule has 0 fully saturated rings. The molecule has 0 bridgehead atoms.